The Kier molecular flexibility index (Phi) is 4.50. The number of nitrogens with one attached hydrogen (secondary N) is 1. The van der Waals surface area contributed by atoms with Gasteiger partial charge in [0.2, 0.25) is 5.88 Å². The van der Waals surface area contributed by atoms with Crippen LogP contribution in [0, 0.1) is 5.92 Å². The van der Waals surface area contributed by atoms with Crippen molar-refractivity contribution < 1.29 is 14.6 Å². The molecule has 88 valence electrons. The Balaban J connectivity index is 2.56. The molecule has 0 aliphatic carbocycles. The molecule has 0 amide bonds. The molecular weight excluding hydrogens is 210 g/mol. The first-order valence-corrected chi connectivity index (χ1v) is 5.00. The molecule has 1 unspecified atom stereocenters. The summed E-state index contributed by atoms with van der Waals surface area (Å²) >= 11 is 0. The Morgan fingerprint density at radius 2 is 2.38 bits per heavy atom. The number of aromatic nitrogens is 2. The first kappa shape index (κ1) is 12.2. The van der Waals surface area contributed by atoms with Gasteiger partial charge < -0.3 is 15.2 Å². The third-order valence-electron chi connectivity index (χ3n) is 2.19. The summed E-state index contributed by atoms with van der Waals surface area (Å²) in [5, 5.41) is 11.8. The monoisotopic (exact) mass is 225 g/mol. The third-order valence-corrected chi connectivity index (χ3v) is 2.19. The van der Waals surface area contributed by atoms with E-state index in [1.54, 1.807) is 0 Å². The molecular formula is C10H15N3O3. The number of carboxylic acids is 1. The number of anilines is 1. The second-order valence-electron chi connectivity index (χ2n) is 3.27. The fourth-order valence-electron chi connectivity index (χ4n) is 1.17. The van der Waals surface area contributed by atoms with Crippen molar-refractivity contribution in [1.29, 1.82) is 0 Å². The Morgan fingerprint density at radius 1 is 1.62 bits per heavy atom. The lowest BCUT2D eigenvalue weighted by Crippen LogP contribution is -2.22. The molecule has 0 saturated carbocycles. The molecule has 2 N–H and O–H groups in total. The van der Waals surface area contributed by atoms with Gasteiger partial charge in [-0.3, -0.25) is 9.78 Å². The van der Waals surface area contributed by atoms with Crippen LogP contribution in [-0.4, -0.2) is 34.7 Å². The van der Waals surface area contributed by atoms with Crippen molar-refractivity contribution in [2.45, 2.75) is 13.3 Å². The van der Waals surface area contributed by atoms with Gasteiger partial charge in [-0.25, -0.2) is 0 Å². The van der Waals surface area contributed by atoms with Crippen LogP contribution in [0.5, 0.6) is 5.88 Å². The molecule has 1 aromatic heterocycles. The molecule has 6 heteroatoms. The van der Waals surface area contributed by atoms with Crippen LogP contribution in [-0.2, 0) is 4.79 Å². The summed E-state index contributed by atoms with van der Waals surface area (Å²) < 4.78 is 4.91. The number of rotatable bonds is 6. The van der Waals surface area contributed by atoms with E-state index in [2.05, 4.69) is 15.3 Å². The number of hydrogen-bond acceptors (Lipinski definition) is 5. The number of hydrogen-bond donors (Lipinski definition) is 2. The maximum atomic E-state index is 10.8. The summed E-state index contributed by atoms with van der Waals surface area (Å²) in [5.41, 5.74) is 0. The van der Waals surface area contributed by atoms with Crippen molar-refractivity contribution in [3.8, 4) is 5.88 Å². The summed E-state index contributed by atoms with van der Waals surface area (Å²) in [6, 6.07) is 0. The molecule has 1 atom stereocenters. The van der Waals surface area contributed by atoms with Crippen LogP contribution in [0.15, 0.2) is 12.4 Å². The van der Waals surface area contributed by atoms with Gasteiger partial charge in [-0.1, -0.05) is 6.92 Å². The fraction of sp³-hybridized carbons (Fsp3) is 0.500. The van der Waals surface area contributed by atoms with Crippen molar-refractivity contribution >= 4 is 11.8 Å². The number of carboxylic acid groups (broad SMARTS) is 1. The highest BCUT2D eigenvalue weighted by molar-refractivity contribution is 5.70. The van der Waals surface area contributed by atoms with E-state index in [1.165, 1.54) is 19.5 Å². The Hall–Kier alpha value is -1.85. The number of carbonyl (C=O) groups is 1. The van der Waals surface area contributed by atoms with Crippen molar-refractivity contribution in [3.63, 3.8) is 0 Å². The van der Waals surface area contributed by atoms with E-state index in [-0.39, 0.29) is 0 Å². The molecule has 1 aromatic rings. The van der Waals surface area contributed by atoms with E-state index >= 15 is 0 Å². The highest BCUT2D eigenvalue weighted by Gasteiger charge is 2.14. The van der Waals surface area contributed by atoms with Gasteiger partial charge in [-0.05, 0) is 6.42 Å². The van der Waals surface area contributed by atoms with Gasteiger partial charge in [0.1, 0.15) is 5.82 Å². The number of methoxy groups -OCH3 is 1. The van der Waals surface area contributed by atoms with E-state index in [4.69, 9.17) is 9.84 Å². The Morgan fingerprint density at radius 3 is 2.94 bits per heavy atom. The van der Waals surface area contributed by atoms with Gasteiger partial charge in [0, 0.05) is 6.54 Å². The normalized spacial score (nSPS) is 11.9. The molecule has 0 bridgehead atoms. The lowest BCUT2D eigenvalue weighted by molar-refractivity contribution is -0.141. The smallest absolute Gasteiger partial charge is 0.308 e. The number of ether oxygens (including phenoxy) is 1. The molecule has 1 heterocycles. The van der Waals surface area contributed by atoms with Crippen molar-refractivity contribution in [3.05, 3.63) is 12.4 Å². The topological polar surface area (TPSA) is 84.3 Å². The van der Waals surface area contributed by atoms with Crippen molar-refractivity contribution in [2.75, 3.05) is 19.0 Å². The molecule has 0 aromatic carbocycles. The SMILES string of the molecule is CCC(CNc1cncc(OC)n1)C(=O)O. The second kappa shape index (κ2) is 5.89. The van der Waals surface area contributed by atoms with E-state index in [0.29, 0.717) is 24.7 Å². The minimum Gasteiger partial charge on any atom is -0.481 e. The van der Waals surface area contributed by atoms with Crippen LogP contribution >= 0.6 is 0 Å². The van der Waals surface area contributed by atoms with Crippen LogP contribution < -0.4 is 10.1 Å². The summed E-state index contributed by atoms with van der Waals surface area (Å²) in [5.74, 6) is -0.328. The maximum Gasteiger partial charge on any atom is 0.308 e. The average molecular weight is 225 g/mol. The van der Waals surface area contributed by atoms with Gasteiger partial charge in [-0.15, -0.1) is 0 Å². The van der Waals surface area contributed by atoms with E-state index < -0.39 is 11.9 Å². The maximum absolute atomic E-state index is 10.8. The summed E-state index contributed by atoms with van der Waals surface area (Å²) in [6.07, 6.45) is 3.58. The van der Waals surface area contributed by atoms with E-state index in [0.717, 1.165) is 0 Å². The summed E-state index contributed by atoms with van der Waals surface area (Å²) in [6.45, 7) is 2.16. The minimum absolute atomic E-state index is 0.327. The van der Waals surface area contributed by atoms with Crippen molar-refractivity contribution in [2.24, 2.45) is 5.92 Å². The standard InChI is InChI=1S/C10H15N3O3/c1-3-7(10(14)15)4-12-8-5-11-6-9(13-8)16-2/h5-7H,3-4H2,1-2H3,(H,12,13)(H,14,15). The molecule has 0 radical (unpaired) electrons. The lowest BCUT2D eigenvalue weighted by atomic mass is 10.1. The van der Waals surface area contributed by atoms with Gasteiger partial charge in [-0.2, -0.15) is 4.98 Å². The molecule has 0 spiro atoms. The summed E-state index contributed by atoms with van der Waals surface area (Å²) in [4.78, 5) is 18.7. The Labute approximate surface area is 93.7 Å². The number of aliphatic carboxylic acids is 1. The molecule has 0 aliphatic heterocycles. The van der Waals surface area contributed by atoms with Crippen LogP contribution in [0.25, 0.3) is 0 Å². The van der Waals surface area contributed by atoms with Crippen LogP contribution in [0.3, 0.4) is 0 Å². The van der Waals surface area contributed by atoms with Crippen LogP contribution in [0.2, 0.25) is 0 Å². The first-order chi connectivity index (χ1) is 7.67. The lowest BCUT2D eigenvalue weighted by Gasteiger charge is -2.11. The van der Waals surface area contributed by atoms with Gasteiger partial charge in [0.25, 0.3) is 0 Å². The zero-order valence-corrected chi connectivity index (χ0v) is 9.30. The third kappa shape index (κ3) is 3.38. The molecule has 0 saturated heterocycles. The van der Waals surface area contributed by atoms with Crippen molar-refractivity contribution in [1.82, 2.24) is 9.97 Å². The van der Waals surface area contributed by atoms with E-state index in [1.807, 2.05) is 6.92 Å². The van der Waals surface area contributed by atoms with E-state index in [9.17, 15) is 4.79 Å². The zero-order chi connectivity index (χ0) is 12.0. The molecule has 0 fully saturated rings. The van der Waals surface area contributed by atoms with Gasteiger partial charge >= 0.3 is 5.97 Å². The second-order valence-corrected chi connectivity index (χ2v) is 3.27. The predicted octanol–water partition coefficient (Wildman–Crippen LogP) is 1.01. The molecule has 0 aliphatic rings. The highest BCUT2D eigenvalue weighted by atomic mass is 16.5. The zero-order valence-electron chi connectivity index (χ0n) is 9.30. The average Bonchev–Trinajstić information content (AvgIpc) is 2.29. The number of nitrogens with zero attached hydrogens (tertiary/aromatic N) is 2. The fourth-order valence-corrected chi connectivity index (χ4v) is 1.17. The molecule has 1 rings (SSSR count). The highest BCUT2D eigenvalue weighted by Crippen LogP contribution is 2.10. The quantitative estimate of drug-likeness (QED) is 0.751. The minimum atomic E-state index is -0.814. The molecule has 16 heavy (non-hydrogen) atoms. The van der Waals surface area contributed by atoms with Crippen LogP contribution in [0.4, 0.5) is 5.82 Å². The largest absolute Gasteiger partial charge is 0.481 e. The predicted molar refractivity (Wildman–Crippen MR) is 58.5 cm³/mol. The van der Waals surface area contributed by atoms with Gasteiger partial charge in [0.05, 0.1) is 25.4 Å². The van der Waals surface area contributed by atoms with Gasteiger partial charge in [0.15, 0.2) is 0 Å². The summed E-state index contributed by atoms with van der Waals surface area (Å²) in [7, 11) is 1.50. The first-order valence-electron chi connectivity index (χ1n) is 5.00. The van der Waals surface area contributed by atoms with Crippen LogP contribution in [0.1, 0.15) is 13.3 Å². The Bertz CT molecular complexity index is 357. The molecule has 6 nitrogen and oxygen atoms in total.